The highest BCUT2D eigenvalue weighted by atomic mass is 16.2. The van der Waals surface area contributed by atoms with E-state index in [4.69, 9.17) is 5.73 Å². The zero-order chi connectivity index (χ0) is 12.4. The quantitative estimate of drug-likeness (QED) is 0.801. The van der Waals surface area contributed by atoms with Crippen molar-refractivity contribution in [3.63, 3.8) is 0 Å². The van der Waals surface area contributed by atoms with Crippen LogP contribution in [-0.4, -0.2) is 29.4 Å². The molecule has 0 aromatic heterocycles. The largest absolute Gasteiger partial charge is 0.339 e. The maximum absolute atomic E-state index is 12.6. The van der Waals surface area contributed by atoms with Gasteiger partial charge in [0.2, 0.25) is 5.91 Å². The van der Waals surface area contributed by atoms with E-state index < -0.39 is 0 Å². The number of rotatable bonds is 2. The minimum absolute atomic E-state index is 0.238. The number of amides is 1. The summed E-state index contributed by atoms with van der Waals surface area (Å²) in [4.78, 5) is 14.7. The minimum atomic E-state index is 0.238. The Bertz CT molecular complexity index is 279. The van der Waals surface area contributed by atoms with Crippen molar-refractivity contribution in [1.29, 1.82) is 0 Å². The Morgan fingerprint density at radius 1 is 1.35 bits per heavy atom. The molecule has 2 rings (SSSR count). The maximum Gasteiger partial charge on any atom is 0.226 e. The summed E-state index contributed by atoms with van der Waals surface area (Å²) in [6.07, 6.45) is 6.51. The summed E-state index contributed by atoms with van der Waals surface area (Å²) in [6, 6.07) is 0.819. The van der Waals surface area contributed by atoms with E-state index in [1.54, 1.807) is 0 Å². The Morgan fingerprint density at radius 3 is 2.76 bits per heavy atom. The molecule has 0 aromatic rings. The molecule has 2 fully saturated rings. The van der Waals surface area contributed by atoms with Crippen LogP contribution in [0.2, 0.25) is 0 Å². The van der Waals surface area contributed by atoms with Gasteiger partial charge in [-0.1, -0.05) is 13.8 Å². The lowest BCUT2D eigenvalue weighted by Gasteiger charge is -2.35. The molecule has 0 aromatic carbocycles. The Balaban J connectivity index is 1.99. The normalized spacial score (nSPS) is 38.4. The molecule has 4 atom stereocenters. The van der Waals surface area contributed by atoms with Gasteiger partial charge >= 0.3 is 0 Å². The standard InChI is InChI=1S/C14H26N2O/c1-3-12-5-4-8-16(12)14(17)13-7-6-11(15)9-10(13)2/h10-13H,3-9,15H2,1-2H3. The highest BCUT2D eigenvalue weighted by Gasteiger charge is 2.37. The van der Waals surface area contributed by atoms with E-state index in [-0.39, 0.29) is 5.92 Å². The van der Waals surface area contributed by atoms with Crippen molar-refractivity contribution in [3.05, 3.63) is 0 Å². The summed E-state index contributed by atoms with van der Waals surface area (Å²) < 4.78 is 0. The number of carbonyl (C=O) groups is 1. The smallest absolute Gasteiger partial charge is 0.226 e. The first-order valence-electron chi connectivity index (χ1n) is 7.19. The summed E-state index contributed by atoms with van der Waals surface area (Å²) in [5, 5.41) is 0. The maximum atomic E-state index is 12.6. The van der Waals surface area contributed by atoms with E-state index in [1.165, 1.54) is 12.8 Å². The average molecular weight is 238 g/mol. The second kappa shape index (κ2) is 5.38. The van der Waals surface area contributed by atoms with Gasteiger partial charge in [-0.25, -0.2) is 0 Å². The van der Waals surface area contributed by atoms with Gasteiger partial charge in [0, 0.05) is 24.5 Å². The van der Waals surface area contributed by atoms with E-state index >= 15 is 0 Å². The van der Waals surface area contributed by atoms with Crippen LogP contribution in [0, 0.1) is 11.8 Å². The van der Waals surface area contributed by atoms with E-state index in [0.29, 0.717) is 23.9 Å². The number of carbonyl (C=O) groups excluding carboxylic acids is 1. The van der Waals surface area contributed by atoms with Gasteiger partial charge in [0.15, 0.2) is 0 Å². The molecule has 3 heteroatoms. The van der Waals surface area contributed by atoms with Gasteiger partial charge in [0.05, 0.1) is 0 Å². The summed E-state index contributed by atoms with van der Waals surface area (Å²) in [6.45, 7) is 5.36. The Labute approximate surface area is 105 Å². The monoisotopic (exact) mass is 238 g/mol. The molecule has 2 aliphatic rings. The topological polar surface area (TPSA) is 46.3 Å². The average Bonchev–Trinajstić information content (AvgIpc) is 2.76. The first-order valence-corrected chi connectivity index (χ1v) is 7.19. The summed E-state index contributed by atoms with van der Waals surface area (Å²) in [5.74, 6) is 1.11. The molecule has 2 N–H and O–H groups in total. The second-order valence-corrected chi connectivity index (χ2v) is 5.89. The van der Waals surface area contributed by atoms with Gasteiger partial charge in [-0.15, -0.1) is 0 Å². The zero-order valence-corrected chi connectivity index (χ0v) is 11.2. The molecule has 4 unspecified atom stereocenters. The molecule has 1 aliphatic heterocycles. The van der Waals surface area contributed by atoms with Gasteiger partial charge < -0.3 is 10.6 Å². The SMILES string of the molecule is CCC1CCCN1C(=O)C1CCC(N)CC1C. The van der Waals surface area contributed by atoms with Crippen LogP contribution in [0.5, 0.6) is 0 Å². The number of likely N-dealkylation sites (tertiary alicyclic amines) is 1. The van der Waals surface area contributed by atoms with Crippen LogP contribution >= 0.6 is 0 Å². The molecule has 1 heterocycles. The predicted molar refractivity (Wildman–Crippen MR) is 69.5 cm³/mol. The highest BCUT2D eigenvalue weighted by Crippen LogP contribution is 2.33. The lowest BCUT2D eigenvalue weighted by atomic mass is 9.77. The van der Waals surface area contributed by atoms with Gasteiger partial charge in [-0.05, 0) is 44.4 Å². The van der Waals surface area contributed by atoms with E-state index in [0.717, 1.165) is 32.2 Å². The third kappa shape index (κ3) is 2.65. The van der Waals surface area contributed by atoms with E-state index in [1.807, 2.05) is 0 Å². The molecule has 1 aliphatic carbocycles. The molecule has 3 nitrogen and oxygen atoms in total. The lowest BCUT2D eigenvalue weighted by molar-refractivity contribution is -0.139. The van der Waals surface area contributed by atoms with Crippen molar-refractivity contribution in [3.8, 4) is 0 Å². The lowest BCUT2D eigenvalue weighted by Crippen LogP contribution is -2.44. The van der Waals surface area contributed by atoms with E-state index in [9.17, 15) is 4.79 Å². The number of hydrogen-bond acceptors (Lipinski definition) is 2. The summed E-state index contributed by atoms with van der Waals surface area (Å²) in [7, 11) is 0. The van der Waals surface area contributed by atoms with Crippen LogP contribution in [0.1, 0.15) is 52.4 Å². The van der Waals surface area contributed by atoms with Gasteiger partial charge in [0.1, 0.15) is 0 Å². The summed E-state index contributed by atoms with van der Waals surface area (Å²) in [5.41, 5.74) is 5.97. The third-order valence-electron chi connectivity index (χ3n) is 4.66. The van der Waals surface area contributed by atoms with Crippen LogP contribution < -0.4 is 5.73 Å². The second-order valence-electron chi connectivity index (χ2n) is 5.89. The molecule has 98 valence electrons. The number of nitrogens with two attached hydrogens (primary N) is 1. The predicted octanol–water partition coefficient (Wildman–Crippen LogP) is 2.15. The van der Waals surface area contributed by atoms with E-state index in [2.05, 4.69) is 18.7 Å². The van der Waals surface area contributed by atoms with Crippen molar-refractivity contribution in [1.82, 2.24) is 4.90 Å². The molecular weight excluding hydrogens is 212 g/mol. The Hall–Kier alpha value is -0.570. The minimum Gasteiger partial charge on any atom is -0.339 e. The first-order chi connectivity index (χ1) is 8.13. The highest BCUT2D eigenvalue weighted by molar-refractivity contribution is 5.79. The van der Waals surface area contributed by atoms with Gasteiger partial charge in [-0.3, -0.25) is 4.79 Å². The van der Waals surface area contributed by atoms with Crippen molar-refractivity contribution in [2.75, 3.05) is 6.54 Å². The van der Waals surface area contributed by atoms with Crippen molar-refractivity contribution < 1.29 is 4.79 Å². The molecule has 1 amide bonds. The summed E-state index contributed by atoms with van der Waals surface area (Å²) >= 11 is 0. The fraction of sp³-hybridized carbons (Fsp3) is 0.929. The van der Waals surface area contributed by atoms with Crippen LogP contribution in [0.4, 0.5) is 0 Å². The molecule has 1 saturated carbocycles. The van der Waals surface area contributed by atoms with Gasteiger partial charge in [-0.2, -0.15) is 0 Å². The third-order valence-corrected chi connectivity index (χ3v) is 4.66. The molecule has 17 heavy (non-hydrogen) atoms. The number of nitrogens with zero attached hydrogens (tertiary/aromatic N) is 1. The van der Waals surface area contributed by atoms with Crippen molar-refractivity contribution in [2.45, 2.75) is 64.5 Å². The van der Waals surface area contributed by atoms with Crippen molar-refractivity contribution >= 4 is 5.91 Å². The van der Waals surface area contributed by atoms with Crippen LogP contribution in [0.15, 0.2) is 0 Å². The molecule has 0 bridgehead atoms. The molecule has 1 saturated heterocycles. The molecule has 0 radical (unpaired) electrons. The fourth-order valence-electron chi connectivity index (χ4n) is 3.57. The fourth-order valence-corrected chi connectivity index (χ4v) is 3.57. The van der Waals surface area contributed by atoms with Crippen LogP contribution in [0.3, 0.4) is 0 Å². The van der Waals surface area contributed by atoms with Crippen molar-refractivity contribution in [2.24, 2.45) is 17.6 Å². The van der Waals surface area contributed by atoms with Gasteiger partial charge in [0.25, 0.3) is 0 Å². The molecule has 0 spiro atoms. The number of hydrogen-bond donors (Lipinski definition) is 1. The van der Waals surface area contributed by atoms with Crippen LogP contribution in [0.25, 0.3) is 0 Å². The first kappa shape index (κ1) is 12.9. The Kier molecular flexibility index (Phi) is 4.08. The van der Waals surface area contributed by atoms with Crippen LogP contribution in [-0.2, 0) is 4.79 Å². The zero-order valence-electron chi connectivity index (χ0n) is 11.2. The molecular formula is C14H26N2O. The Morgan fingerprint density at radius 2 is 2.12 bits per heavy atom.